The van der Waals surface area contributed by atoms with Crippen molar-refractivity contribution in [1.29, 1.82) is 0 Å². The summed E-state index contributed by atoms with van der Waals surface area (Å²) in [7, 11) is 0. The van der Waals surface area contributed by atoms with Crippen LogP contribution in [0.15, 0.2) is 12.2 Å². The second-order valence-electron chi connectivity index (χ2n) is 3.86. The number of allylic oxidation sites excluding steroid dienone is 2. The van der Waals surface area contributed by atoms with Crippen LogP contribution >= 0.6 is 0 Å². The van der Waals surface area contributed by atoms with Gasteiger partial charge in [-0.3, -0.25) is 0 Å². The molecule has 1 aliphatic carbocycles. The Balaban J connectivity index is 0. The molecule has 0 N–H and O–H groups in total. The van der Waals surface area contributed by atoms with Crippen LogP contribution in [0, 0.1) is 11.8 Å². The quantitative estimate of drug-likeness (QED) is 0.500. The van der Waals surface area contributed by atoms with Crippen LogP contribution in [0.1, 0.15) is 60.8 Å². The zero-order valence-corrected chi connectivity index (χ0v) is 10.4. The summed E-state index contributed by atoms with van der Waals surface area (Å²) in [4.78, 5) is 0. The van der Waals surface area contributed by atoms with Crippen molar-refractivity contribution in [1.82, 2.24) is 0 Å². The monoisotopic (exact) mass is 184 g/mol. The summed E-state index contributed by atoms with van der Waals surface area (Å²) in [6.07, 6.45) is 8.11. The van der Waals surface area contributed by atoms with Crippen LogP contribution in [0.25, 0.3) is 0 Å². The average Bonchev–Trinajstić information content (AvgIpc) is 2.80. The lowest BCUT2D eigenvalue weighted by Gasteiger charge is -1.68. The van der Waals surface area contributed by atoms with E-state index in [1.165, 1.54) is 19.3 Å². The summed E-state index contributed by atoms with van der Waals surface area (Å²) in [6, 6.07) is 0. The molecule has 1 rings (SSSR count). The lowest BCUT2D eigenvalue weighted by molar-refractivity contribution is 0.834. The number of unbranched alkanes of at least 4 members (excludes halogenated alkanes) is 1. The molecule has 80 valence electrons. The molecular weight excluding hydrogens is 156 g/mol. The molecule has 0 heterocycles. The van der Waals surface area contributed by atoms with E-state index in [9.17, 15) is 0 Å². The van der Waals surface area contributed by atoms with Crippen molar-refractivity contribution in [3.05, 3.63) is 12.2 Å². The summed E-state index contributed by atoms with van der Waals surface area (Å²) >= 11 is 0. The van der Waals surface area contributed by atoms with Crippen molar-refractivity contribution in [3.63, 3.8) is 0 Å². The van der Waals surface area contributed by atoms with Crippen molar-refractivity contribution >= 4 is 0 Å². The predicted molar refractivity (Wildman–Crippen MR) is 64.0 cm³/mol. The lowest BCUT2D eigenvalue weighted by atomic mass is 10.4. The molecule has 0 nitrogen and oxygen atoms in total. The maximum absolute atomic E-state index is 2.30. The standard InChI is InChI=1S/C5H10.C4H10.C4H8/c1-4-3-5(4)2;2*1-3-4-2/h4-5H,3H2,1-2H3;3-4H2,1-2H3;3-4H,1-2H3. The summed E-state index contributed by atoms with van der Waals surface area (Å²) in [6.45, 7) is 13.0. The largest absolute Gasteiger partial charge is 0.0919 e. The molecule has 0 aliphatic heterocycles. The normalized spacial score (nSPS) is 24.2. The molecule has 0 bridgehead atoms. The maximum atomic E-state index is 2.30. The van der Waals surface area contributed by atoms with Gasteiger partial charge in [-0.1, -0.05) is 52.7 Å². The highest BCUT2D eigenvalue weighted by molar-refractivity contribution is 4.76. The van der Waals surface area contributed by atoms with Gasteiger partial charge in [0, 0.05) is 0 Å². The van der Waals surface area contributed by atoms with E-state index in [1.807, 2.05) is 26.0 Å². The van der Waals surface area contributed by atoms with Gasteiger partial charge in [-0.25, -0.2) is 0 Å². The second-order valence-corrected chi connectivity index (χ2v) is 3.86. The third-order valence-electron chi connectivity index (χ3n) is 2.35. The zero-order valence-electron chi connectivity index (χ0n) is 10.4. The van der Waals surface area contributed by atoms with Crippen molar-refractivity contribution in [3.8, 4) is 0 Å². The highest BCUT2D eigenvalue weighted by atomic mass is 14.3. The molecule has 0 radical (unpaired) electrons. The first kappa shape index (κ1) is 15.2. The van der Waals surface area contributed by atoms with Crippen LogP contribution in [0.5, 0.6) is 0 Å². The van der Waals surface area contributed by atoms with Gasteiger partial charge in [-0.15, -0.1) is 0 Å². The average molecular weight is 184 g/mol. The Hall–Kier alpha value is -0.260. The third kappa shape index (κ3) is 18.6. The topological polar surface area (TPSA) is 0 Å². The minimum Gasteiger partial charge on any atom is -0.0919 e. The zero-order chi connectivity index (χ0) is 10.7. The highest BCUT2D eigenvalue weighted by Gasteiger charge is 2.26. The van der Waals surface area contributed by atoms with E-state index >= 15 is 0 Å². The van der Waals surface area contributed by atoms with Gasteiger partial charge in [0.25, 0.3) is 0 Å². The first-order valence-electron chi connectivity index (χ1n) is 5.71. The molecule has 0 heteroatoms. The van der Waals surface area contributed by atoms with Gasteiger partial charge in [-0.2, -0.15) is 0 Å². The highest BCUT2D eigenvalue weighted by Crippen LogP contribution is 2.36. The van der Waals surface area contributed by atoms with Crippen molar-refractivity contribution in [2.45, 2.75) is 60.8 Å². The second kappa shape index (κ2) is 11.7. The van der Waals surface area contributed by atoms with Crippen LogP contribution in [-0.2, 0) is 0 Å². The van der Waals surface area contributed by atoms with Crippen molar-refractivity contribution in [2.75, 3.05) is 0 Å². The summed E-state index contributed by atoms with van der Waals surface area (Å²) in [5.74, 6) is 2.10. The van der Waals surface area contributed by atoms with Gasteiger partial charge in [0.15, 0.2) is 0 Å². The minimum absolute atomic E-state index is 1.05. The van der Waals surface area contributed by atoms with Crippen LogP contribution in [0.2, 0.25) is 0 Å². The van der Waals surface area contributed by atoms with Gasteiger partial charge in [-0.05, 0) is 32.1 Å². The Morgan fingerprint density at radius 3 is 1.15 bits per heavy atom. The van der Waals surface area contributed by atoms with E-state index in [0.29, 0.717) is 0 Å². The summed E-state index contributed by atoms with van der Waals surface area (Å²) in [5, 5.41) is 0. The molecule has 1 fully saturated rings. The summed E-state index contributed by atoms with van der Waals surface area (Å²) in [5.41, 5.74) is 0. The van der Waals surface area contributed by atoms with E-state index in [4.69, 9.17) is 0 Å². The van der Waals surface area contributed by atoms with Crippen LogP contribution in [0.3, 0.4) is 0 Å². The fourth-order valence-electron chi connectivity index (χ4n) is 0.508. The SMILES string of the molecule is CC1CC1C.CC=CC.CCCC. The third-order valence-corrected chi connectivity index (χ3v) is 2.35. The first-order chi connectivity index (χ1) is 6.13. The van der Waals surface area contributed by atoms with Crippen molar-refractivity contribution < 1.29 is 0 Å². The van der Waals surface area contributed by atoms with Crippen LogP contribution in [-0.4, -0.2) is 0 Å². The molecule has 1 aliphatic rings. The van der Waals surface area contributed by atoms with Crippen LogP contribution in [0.4, 0.5) is 0 Å². The molecule has 0 saturated heterocycles. The predicted octanol–water partition coefficient (Wildman–Crippen LogP) is 5.05. The van der Waals surface area contributed by atoms with Crippen molar-refractivity contribution in [2.24, 2.45) is 11.8 Å². The first-order valence-corrected chi connectivity index (χ1v) is 5.71. The fraction of sp³-hybridized carbons (Fsp3) is 0.846. The summed E-state index contributed by atoms with van der Waals surface area (Å²) < 4.78 is 0. The molecule has 2 unspecified atom stereocenters. The molecular formula is C13H28. The lowest BCUT2D eigenvalue weighted by Crippen LogP contribution is -1.58. The Labute approximate surface area is 85.4 Å². The van der Waals surface area contributed by atoms with E-state index in [1.54, 1.807) is 0 Å². The molecule has 0 amide bonds. The van der Waals surface area contributed by atoms with E-state index in [0.717, 1.165) is 11.8 Å². The molecule has 0 aromatic rings. The Kier molecular flexibility index (Phi) is 13.7. The van der Waals surface area contributed by atoms with Gasteiger partial charge in [0.05, 0.1) is 0 Å². The molecule has 0 aromatic carbocycles. The smallest absolute Gasteiger partial charge is 0.0414 e. The van der Waals surface area contributed by atoms with Gasteiger partial charge < -0.3 is 0 Å². The number of hydrogen-bond donors (Lipinski definition) is 0. The van der Waals surface area contributed by atoms with Crippen LogP contribution < -0.4 is 0 Å². The minimum atomic E-state index is 1.05. The Bertz CT molecular complexity index is 90.6. The van der Waals surface area contributed by atoms with E-state index < -0.39 is 0 Å². The molecule has 1 saturated carbocycles. The molecule has 2 atom stereocenters. The van der Waals surface area contributed by atoms with Gasteiger partial charge >= 0.3 is 0 Å². The fourth-order valence-corrected chi connectivity index (χ4v) is 0.508. The Morgan fingerprint density at radius 2 is 1.15 bits per heavy atom. The Morgan fingerprint density at radius 1 is 0.923 bits per heavy atom. The van der Waals surface area contributed by atoms with E-state index in [2.05, 4.69) is 27.7 Å². The molecule has 0 spiro atoms. The van der Waals surface area contributed by atoms with E-state index in [-0.39, 0.29) is 0 Å². The maximum Gasteiger partial charge on any atom is -0.0414 e. The van der Waals surface area contributed by atoms with Gasteiger partial charge in [0.2, 0.25) is 0 Å². The number of rotatable bonds is 1. The molecule has 0 aromatic heterocycles. The number of hydrogen-bond acceptors (Lipinski definition) is 0. The van der Waals surface area contributed by atoms with Gasteiger partial charge in [0.1, 0.15) is 0 Å². The molecule has 13 heavy (non-hydrogen) atoms.